The van der Waals surface area contributed by atoms with E-state index in [2.05, 4.69) is 14.9 Å². The Balaban J connectivity index is 1.47. The molecule has 4 heterocycles. The van der Waals surface area contributed by atoms with Gasteiger partial charge in [-0.25, -0.2) is 4.98 Å². The number of halogens is 3. The van der Waals surface area contributed by atoms with Crippen LogP contribution in [0.2, 0.25) is 0 Å². The molecular weight excluding hydrogens is 495 g/mol. The van der Waals surface area contributed by atoms with Gasteiger partial charge in [0.05, 0.1) is 29.1 Å². The normalized spacial score (nSPS) is 15.7. The molecule has 0 unspecified atom stereocenters. The fourth-order valence-electron chi connectivity index (χ4n) is 4.22. The van der Waals surface area contributed by atoms with Gasteiger partial charge < -0.3 is 15.6 Å². The molecule has 1 atom stereocenters. The van der Waals surface area contributed by atoms with Crippen LogP contribution in [0.1, 0.15) is 39.5 Å². The highest BCUT2D eigenvalue weighted by Crippen LogP contribution is 2.39. The zero-order chi connectivity index (χ0) is 25.6. The van der Waals surface area contributed by atoms with Crippen molar-refractivity contribution in [1.29, 1.82) is 0 Å². The summed E-state index contributed by atoms with van der Waals surface area (Å²) >= 11 is 1.06. The van der Waals surface area contributed by atoms with E-state index < -0.39 is 23.8 Å². The topological polar surface area (TPSA) is 106 Å². The highest BCUT2D eigenvalue weighted by Gasteiger charge is 2.35. The number of nitrogens with zero attached hydrogens (tertiary/aromatic N) is 4. The van der Waals surface area contributed by atoms with E-state index in [0.717, 1.165) is 28.6 Å². The van der Waals surface area contributed by atoms with Gasteiger partial charge in [0.1, 0.15) is 33.6 Å². The number of pyridine rings is 1. The number of amides is 1. The number of nitrogens with two attached hydrogens (primary N) is 1. The summed E-state index contributed by atoms with van der Waals surface area (Å²) < 4.78 is 48.1. The van der Waals surface area contributed by atoms with Crippen LogP contribution in [0.15, 0.2) is 48.9 Å². The van der Waals surface area contributed by atoms with Crippen LogP contribution in [-0.4, -0.2) is 49.6 Å². The second-order valence-electron chi connectivity index (χ2n) is 8.61. The fraction of sp³-hybridized carbons (Fsp3) is 0.292. The molecule has 1 fully saturated rings. The number of β-amino-alcohol motifs (C(OH)–C–C–N with tert-alkyl or cyclic N) is 1. The van der Waals surface area contributed by atoms with Crippen molar-refractivity contribution in [2.24, 2.45) is 5.73 Å². The number of hydrogen-bond acceptors (Lipinski definition) is 7. The lowest BCUT2D eigenvalue weighted by Gasteiger charge is -2.35. The number of alkyl halides is 3. The van der Waals surface area contributed by atoms with Crippen molar-refractivity contribution in [2.75, 3.05) is 13.1 Å². The van der Waals surface area contributed by atoms with Gasteiger partial charge in [0.15, 0.2) is 0 Å². The van der Waals surface area contributed by atoms with Crippen molar-refractivity contribution < 1.29 is 27.8 Å². The predicted molar refractivity (Wildman–Crippen MR) is 127 cm³/mol. The Bertz CT molecular complexity index is 1430. The number of thiophene rings is 1. The highest BCUT2D eigenvalue weighted by molar-refractivity contribution is 7.16. The lowest BCUT2D eigenvalue weighted by atomic mass is 10.0. The first-order chi connectivity index (χ1) is 17.1. The van der Waals surface area contributed by atoms with Crippen molar-refractivity contribution in [3.8, 4) is 10.8 Å². The molecule has 4 aromatic rings. The predicted octanol–water partition coefficient (Wildman–Crippen LogP) is 3.92. The van der Waals surface area contributed by atoms with Gasteiger partial charge >= 0.3 is 6.18 Å². The van der Waals surface area contributed by atoms with Gasteiger partial charge in [0.2, 0.25) is 0 Å². The zero-order valence-electron chi connectivity index (χ0n) is 19.1. The van der Waals surface area contributed by atoms with Crippen LogP contribution in [0.5, 0.6) is 5.75 Å². The molecule has 12 heteroatoms. The summed E-state index contributed by atoms with van der Waals surface area (Å²) in [4.78, 5) is 23.1. The minimum Gasteiger partial charge on any atom is -0.484 e. The van der Waals surface area contributed by atoms with Crippen LogP contribution in [-0.2, 0) is 12.7 Å². The van der Waals surface area contributed by atoms with E-state index in [0.29, 0.717) is 30.2 Å². The molecule has 0 bridgehead atoms. The number of likely N-dealkylation sites (tertiary alicyclic amines) is 1. The van der Waals surface area contributed by atoms with E-state index in [1.54, 1.807) is 23.2 Å². The minimum absolute atomic E-state index is 0.0481. The first-order valence-electron chi connectivity index (χ1n) is 11.1. The number of aliphatic hydroxyl groups is 1. The number of aliphatic hydroxyl groups excluding tert-OH is 1. The molecule has 1 amide bonds. The van der Waals surface area contributed by atoms with Gasteiger partial charge in [0, 0.05) is 31.3 Å². The molecule has 3 N–H and O–H groups in total. The Labute approximate surface area is 207 Å². The van der Waals surface area contributed by atoms with E-state index in [1.165, 1.54) is 25.1 Å². The molecule has 1 aliphatic rings. The molecule has 5 rings (SSSR count). The van der Waals surface area contributed by atoms with E-state index in [-0.39, 0.29) is 22.3 Å². The average molecular weight is 518 g/mol. The Morgan fingerprint density at radius 3 is 2.72 bits per heavy atom. The standard InChI is InChI=1S/C24H22F3N5O3S/c1-13(16-4-2-3-5-17(16)24(25,26)27)35-20-7-21(36-22(20)23(28)34)32-12-30-18-8-29-14(6-19(18)32)9-31-10-15(33)11-31/h2-8,12-13,15,33H,9-11H2,1H3,(H2,28,34)/t13-/m1/s1. The molecule has 188 valence electrons. The third kappa shape index (κ3) is 4.66. The van der Waals surface area contributed by atoms with E-state index in [1.807, 2.05) is 6.07 Å². The second-order valence-corrected chi connectivity index (χ2v) is 9.64. The maximum atomic E-state index is 13.5. The van der Waals surface area contributed by atoms with Crippen molar-refractivity contribution in [3.63, 3.8) is 0 Å². The number of aromatic nitrogens is 3. The molecule has 1 aliphatic heterocycles. The SMILES string of the molecule is C[C@@H](Oc1cc(-n2cnc3cnc(CN4CC(O)C4)cc32)sc1C(N)=O)c1ccccc1C(F)(F)F. The van der Waals surface area contributed by atoms with E-state index in [4.69, 9.17) is 10.5 Å². The number of benzene rings is 1. The van der Waals surface area contributed by atoms with E-state index >= 15 is 0 Å². The number of carbonyl (C=O) groups is 1. The summed E-state index contributed by atoms with van der Waals surface area (Å²) in [6.45, 7) is 3.23. The van der Waals surface area contributed by atoms with Crippen LogP contribution in [0, 0.1) is 0 Å². The maximum absolute atomic E-state index is 13.5. The number of ether oxygens (including phenoxy) is 1. The number of imidazole rings is 1. The molecule has 0 saturated carbocycles. The van der Waals surface area contributed by atoms with Crippen LogP contribution < -0.4 is 10.5 Å². The molecule has 36 heavy (non-hydrogen) atoms. The van der Waals surface area contributed by atoms with Crippen molar-refractivity contribution in [1.82, 2.24) is 19.4 Å². The molecule has 8 nitrogen and oxygen atoms in total. The van der Waals surface area contributed by atoms with Crippen LogP contribution in [0.25, 0.3) is 16.0 Å². The van der Waals surface area contributed by atoms with Crippen LogP contribution in [0.4, 0.5) is 13.2 Å². The molecule has 0 aliphatic carbocycles. The summed E-state index contributed by atoms with van der Waals surface area (Å²) in [6.07, 6.45) is -2.64. The van der Waals surface area contributed by atoms with Gasteiger partial charge in [-0.1, -0.05) is 18.2 Å². The Hall–Kier alpha value is -3.48. The highest BCUT2D eigenvalue weighted by atomic mass is 32.1. The number of hydrogen-bond donors (Lipinski definition) is 2. The fourth-order valence-corrected chi connectivity index (χ4v) is 5.15. The largest absolute Gasteiger partial charge is 0.484 e. The number of rotatable bonds is 7. The number of fused-ring (bicyclic) bond motifs is 1. The third-order valence-corrected chi connectivity index (χ3v) is 7.10. The smallest absolute Gasteiger partial charge is 0.416 e. The summed E-state index contributed by atoms with van der Waals surface area (Å²) in [5, 5.41) is 10.1. The lowest BCUT2D eigenvalue weighted by Crippen LogP contribution is -2.49. The average Bonchev–Trinajstić information content (AvgIpc) is 3.41. The van der Waals surface area contributed by atoms with Crippen molar-refractivity contribution in [2.45, 2.75) is 31.9 Å². The molecule has 0 radical (unpaired) electrons. The zero-order valence-corrected chi connectivity index (χ0v) is 19.9. The molecule has 1 aromatic carbocycles. The monoisotopic (exact) mass is 517 g/mol. The Morgan fingerprint density at radius 2 is 2.03 bits per heavy atom. The maximum Gasteiger partial charge on any atom is 0.416 e. The van der Waals surface area contributed by atoms with Gasteiger partial charge in [0.25, 0.3) is 5.91 Å². The van der Waals surface area contributed by atoms with Gasteiger partial charge in [-0.05, 0) is 19.1 Å². The summed E-state index contributed by atoms with van der Waals surface area (Å²) in [7, 11) is 0. The number of carbonyl (C=O) groups excluding carboxylic acids is 1. The van der Waals surface area contributed by atoms with Crippen molar-refractivity contribution >= 4 is 28.3 Å². The third-order valence-electron chi connectivity index (χ3n) is 5.97. The molecule has 0 spiro atoms. The summed E-state index contributed by atoms with van der Waals surface area (Å²) in [5.41, 5.74) is 6.88. The quantitative estimate of drug-likeness (QED) is 0.385. The first kappa shape index (κ1) is 24.2. The van der Waals surface area contributed by atoms with Gasteiger partial charge in [-0.3, -0.25) is 19.2 Å². The second kappa shape index (κ2) is 9.19. The lowest BCUT2D eigenvalue weighted by molar-refractivity contribution is -0.139. The van der Waals surface area contributed by atoms with Crippen molar-refractivity contribution in [3.05, 3.63) is 70.6 Å². The molecule has 3 aromatic heterocycles. The molecular formula is C24H22F3N5O3S. The summed E-state index contributed by atoms with van der Waals surface area (Å²) in [6, 6.07) is 8.60. The molecule has 1 saturated heterocycles. The van der Waals surface area contributed by atoms with Gasteiger partial charge in [-0.15, -0.1) is 11.3 Å². The van der Waals surface area contributed by atoms with E-state index in [9.17, 15) is 23.1 Å². The summed E-state index contributed by atoms with van der Waals surface area (Å²) in [5.74, 6) is -0.654. The van der Waals surface area contributed by atoms with Crippen LogP contribution in [0.3, 0.4) is 0 Å². The Morgan fingerprint density at radius 1 is 1.28 bits per heavy atom. The number of primary amides is 1. The van der Waals surface area contributed by atoms with Gasteiger partial charge in [-0.2, -0.15) is 13.2 Å². The minimum atomic E-state index is -4.55. The Kier molecular flexibility index (Phi) is 6.18. The van der Waals surface area contributed by atoms with Crippen LogP contribution >= 0.6 is 11.3 Å². The first-order valence-corrected chi connectivity index (χ1v) is 11.9.